The molecule has 0 saturated heterocycles. The first kappa shape index (κ1) is 51.7. The van der Waals surface area contributed by atoms with Gasteiger partial charge in [0.2, 0.25) is 0 Å². The quantitative estimate of drug-likeness (QED) is 0.0344. The van der Waals surface area contributed by atoms with E-state index in [0.717, 1.165) is 66.9 Å². The molecule has 0 fully saturated rings. The number of hydrogen-bond donors (Lipinski definition) is 0. The first-order valence-electron chi connectivity index (χ1n) is 25.9. The van der Waals surface area contributed by atoms with Crippen molar-refractivity contribution in [2.45, 2.75) is 125 Å². The van der Waals surface area contributed by atoms with Gasteiger partial charge in [0.05, 0.1) is 0 Å². The van der Waals surface area contributed by atoms with Crippen LogP contribution in [0, 0.1) is 17.2 Å². The summed E-state index contributed by atoms with van der Waals surface area (Å²) in [4.78, 5) is 41.4. The fraction of sp³-hybridized carbons (Fsp3) is 0.339. The lowest BCUT2D eigenvalue weighted by molar-refractivity contribution is -0.141. The number of hydrogen-bond acceptors (Lipinski definition) is 8. The highest BCUT2D eigenvalue weighted by atomic mass is 32.1. The molecular weight excluding hydrogens is 947 g/mol. The first-order chi connectivity index (χ1) is 34.7. The predicted octanol–water partition coefficient (Wildman–Crippen LogP) is 19.1. The summed E-state index contributed by atoms with van der Waals surface area (Å²) < 4.78 is 0. The molecule has 1 aliphatic rings. The summed E-state index contributed by atoms with van der Waals surface area (Å²) >= 11 is 7.36. The van der Waals surface area contributed by atoms with Crippen LogP contribution in [-0.2, 0) is 22.4 Å². The summed E-state index contributed by atoms with van der Waals surface area (Å²) in [5.41, 5.74) is 8.35. The van der Waals surface area contributed by atoms with E-state index < -0.39 is 5.91 Å². The van der Waals surface area contributed by atoms with Gasteiger partial charge < -0.3 is 4.90 Å². The number of benzene rings is 3. The van der Waals surface area contributed by atoms with Gasteiger partial charge in [-0.15, -0.1) is 45.3 Å². The van der Waals surface area contributed by atoms with Crippen LogP contribution in [0.3, 0.4) is 0 Å². The number of carbonyl (C=O) groups excluding carboxylic acids is 2. The minimum absolute atomic E-state index is 0.0714. The molecule has 0 aliphatic carbocycles. The third-order valence-electron chi connectivity index (χ3n) is 13.7. The van der Waals surface area contributed by atoms with Crippen molar-refractivity contribution in [3.05, 3.63) is 154 Å². The molecule has 0 N–H and O–H groups in total. The van der Waals surface area contributed by atoms with Crippen LogP contribution in [0.2, 0.25) is 0 Å². The Bertz CT molecular complexity index is 2940. The number of imide groups is 1. The number of amides is 2. The van der Waals surface area contributed by atoms with Gasteiger partial charge >= 0.3 is 0 Å². The number of rotatable bonds is 24. The number of aryl methyl sites for hydroxylation is 2. The fourth-order valence-electron chi connectivity index (χ4n) is 9.54. The maximum atomic E-state index is 14.2. The van der Waals surface area contributed by atoms with Gasteiger partial charge in [0.15, 0.2) is 0 Å². The normalized spacial score (nSPS) is 13.9. The summed E-state index contributed by atoms with van der Waals surface area (Å²) in [7, 11) is 0. The molecule has 1 unspecified atom stereocenters. The number of carbonyl (C=O) groups is 2. The monoisotopic (exact) mass is 1010 g/mol. The SMILES string of the molecule is CCCCCCc1cc(/C=C2\C(=O)N(CC(CC)CCCC)C(=O)C(C#N)=C2C)sc1-c1ccc(-c2ccc(-c3sc(-c4ccc(N(c5ccccc5)c5ccccc5)cc4)cc3CCCCCC)s2)s1. The fourth-order valence-corrected chi connectivity index (χ4v) is 14.3. The Kier molecular flexibility index (Phi) is 18.3. The van der Waals surface area contributed by atoms with Gasteiger partial charge in [-0.3, -0.25) is 14.5 Å². The van der Waals surface area contributed by atoms with E-state index >= 15 is 0 Å². The van der Waals surface area contributed by atoms with Gasteiger partial charge in [-0.25, -0.2) is 0 Å². The zero-order valence-corrected chi connectivity index (χ0v) is 45.4. The van der Waals surface area contributed by atoms with E-state index in [-0.39, 0.29) is 17.4 Å². The number of anilines is 3. The van der Waals surface area contributed by atoms with E-state index in [1.54, 1.807) is 18.3 Å². The lowest BCUT2D eigenvalue weighted by atomic mass is 9.92. The van der Waals surface area contributed by atoms with E-state index in [2.05, 4.69) is 160 Å². The molecule has 9 heteroatoms. The smallest absolute Gasteiger partial charge is 0.271 e. The Morgan fingerprint density at radius 1 is 0.577 bits per heavy atom. The Morgan fingerprint density at radius 2 is 1.11 bits per heavy atom. The molecule has 0 spiro atoms. The number of thiophene rings is 4. The third kappa shape index (κ3) is 12.4. The van der Waals surface area contributed by atoms with Crippen LogP contribution in [0.4, 0.5) is 17.1 Å². The molecule has 5 heterocycles. The molecule has 5 nitrogen and oxygen atoms in total. The maximum Gasteiger partial charge on any atom is 0.271 e. The summed E-state index contributed by atoms with van der Waals surface area (Å²) in [6, 6.07) is 46.3. The number of nitrogens with zero attached hydrogens (tertiary/aromatic N) is 3. The van der Waals surface area contributed by atoms with Crippen molar-refractivity contribution in [2.75, 3.05) is 11.4 Å². The second-order valence-corrected chi connectivity index (χ2v) is 23.1. The maximum absolute atomic E-state index is 14.2. The molecule has 2 amide bonds. The minimum Gasteiger partial charge on any atom is -0.311 e. The number of unbranched alkanes of at least 4 members (excludes halogenated alkanes) is 7. The van der Waals surface area contributed by atoms with Crippen molar-refractivity contribution >= 4 is 80.3 Å². The van der Waals surface area contributed by atoms with Crippen LogP contribution >= 0.6 is 45.3 Å². The Hall–Kier alpha value is -5.63. The Balaban J connectivity index is 1.08. The average Bonchev–Trinajstić information content (AvgIpc) is 4.24. The second kappa shape index (κ2) is 25.2. The summed E-state index contributed by atoms with van der Waals surface area (Å²) in [6.07, 6.45) is 17.5. The van der Waals surface area contributed by atoms with E-state index in [1.165, 1.54) is 101 Å². The lowest BCUT2D eigenvalue weighted by Crippen LogP contribution is -2.45. The molecule has 71 heavy (non-hydrogen) atoms. The van der Waals surface area contributed by atoms with Crippen molar-refractivity contribution in [1.29, 1.82) is 5.26 Å². The molecular formula is C62H67N3O2S4. The van der Waals surface area contributed by atoms with Gasteiger partial charge in [0.1, 0.15) is 11.6 Å². The Morgan fingerprint density at radius 3 is 1.66 bits per heavy atom. The van der Waals surface area contributed by atoms with Crippen molar-refractivity contribution in [2.24, 2.45) is 5.92 Å². The number of para-hydroxylation sites is 2. The highest BCUT2D eigenvalue weighted by Crippen LogP contribution is 2.48. The van der Waals surface area contributed by atoms with Gasteiger partial charge in [0.25, 0.3) is 11.8 Å². The van der Waals surface area contributed by atoms with Gasteiger partial charge in [-0.2, -0.15) is 5.26 Å². The van der Waals surface area contributed by atoms with Gasteiger partial charge in [0, 0.05) is 68.2 Å². The molecule has 8 rings (SSSR count). The number of nitriles is 1. The van der Waals surface area contributed by atoms with Crippen LogP contribution in [-0.4, -0.2) is 23.3 Å². The van der Waals surface area contributed by atoms with Crippen LogP contribution in [0.5, 0.6) is 0 Å². The standard InChI is InChI=1S/C62H67N3O2S4/c1-6-10-13-17-24-46-38-51(40-52-43(5)53(41-63)62(67)64(61(52)66)42-44(9-4)23-12-8-3)68-59(46)56-36-34-54(69-56)55-35-37-57(70-55)60-47(25-18-14-11-7-2)39-58(71-60)45-30-32-50(33-31-45)65(48-26-19-15-20-27-48)49-28-21-16-22-29-49/h15-16,19-22,26-40,44H,6-14,17-18,23-25,42H2,1-5H3/b52-40-. The van der Waals surface area contributed by atoms with E-state index in [9.17, 15) is 14.9 Å². The zero-order chi connectivity index (χ0) is 49.7. The molecule has 366 valence electrons. The van der Waals surface area contributed by atoms with Crippen molar-refractivity contribution in [3.63, 3.8) is 0 Å². The predicted molar refractivity (Wildman–Crippen MR) is 306 cm³/mol. The van der Waals surface area contributed by atoms with Crippen LogP contribution in [0.1, 0.15) is 128 Å². The van der Waals surface area contributed by atoms with Crippen molar-refractivity contribution < 1.29 is 9.59 Å². The summed E-state index contributed by atoms with van der Waals surface area (Å²) in [5.74, 6) is -0.543. The van der Waals surface area contributed by atoms with Crippen LogP contribution in [0.25, 0.3) is 45.8 Å². The van der Waals surface area contributed by atoms with E-state index in [1.807, 2.05) is 40.1 Å². The zero-order valence-electron chi connectivity index (χ0n) is 42.1. The molecule has 0 bridgehead atoms. The molecule has 1 atom stereocenters. The topological polar surface area (TPSA) is 64.4 Å². The second-order valence-electron chi connectivity index (χ2n) is 18.8. The summed E-state index contributed by atoms with van der Waals surface area (Å²) in [5, 5.41) is 10.2. The Labute approximate surface area is 438 Å². The molecule has 0 saturated carbocycles. The largest absolute Gasteiger partial charge is 0.311 e. The van der Waals surface area contributed by atoms with Crippen LogP contribution < -0.4 is 4.90 Å². The minimum atomic E-state index is -0.462. The van der Waals surface area contributed by atoms with Crippen molar-refractivity contribution in [1.82, 2.24) is 4.90 Å². The van der Waals surface area contributed by atoms with E-state index in [0.29, 0.717) is 17.7 Å². The van der Waals surface area contributed by atoms with Gasteiger partial charge in [-0.1, -0.05) is 134 Å². The molecule has 0 radical (unpaired) electrons. The third-order valence-corrected chi connectivity index (χ3v) is 18.8. The lowest BCUT2D eigenvalue weighted by Gasteiger charge is -2.30. The molecule has 7 aromatic rings. The molecule has 3 aromatic carbocycles. The highest BCUT2D eigenvalue weighted by Gasteiger charge is 2.36. The van der Waals surface area contributed by atoms with E-state index in [4.69, 9.17) is 0 Å². The van der Waals surface area contributed by atoms with Crippen molar-refractivity contribution in [3.8, 4) is 45.8 Å². The molecule has 4 aromatic heterocycles. The highest BCUT2D eigenvalue weighted by molar-refractivity contribution is 7.29. The molecule has 1 aliphatic heterocycles. The van der Waals surface area contributed by atoms with Gasteiger partial charge in [-0.05, 0) is 146 Å². The first-order valence-corrected chi connectivity index (χ1v) is 29.2. The summed E-state index contributed by atoms with van der Waals surface area (Å²) in [6.45, 7) is 10.9. The van der Waals surface area contributed by atoms with Crippen LogP contribution in [0.15, 0.2) is 138 Å². The average molecular weight is 1010 g/mol.